The van der Waals surface area contributed by atoms with Gasteiger partial charge in [-0.25, -0.2) is 10.4 Å². The molecular weight excluding hydrogens is 314 g/mol. The van der Waals surface area contributed by atoms with Crippen LogP contribution in [0.2, 0.25) is 0 Å². The summed E-state index contributed by atoms with van der Waals surface area (Å²) >= 11 is 0. The summed E-state index contributed by atoms with van der Waals surface area (Å²) in [6.07, 6.45) is 0. The number of hydrogen-bond donors (Lipinski definition) is 1. The van der Waals surface area contributed by atoms with E-state index in [0.717, 1.165) is 11.1 Å². The van der Waals surface area contributed by atoms with E-state index in [2.05, 4.69) is 5.43 Å². The highest BCUT2D eigenvalue weighted by molar-refractivity contribution is 6.07. The number of benzene rings is 2. The predicted octanol–water partition coefficient (Wildman–Crippen LogP) is 2.12. The molecule has 0 bridgehead atoms. The van der Waals surface area contributed by atoms with Crippen LogP contribution in [0.25, 0.3) is 0 Å². The van der Waals surface area contributed by atoms with Gasteiger partial charge in [-0.05, 0) is 18.1 Å². The van der Waals surface area contributed by atoms with Gasteiger partial charge in [0.25, 0.3) is 0 Å². The van der Waals surface area contributed by atoms with Crippen molar-refractivity contribution in [3.63, 3.8) is 0 Å². The second-order valence-corrected chi connectivity index (χ2v) is 6.52. The van der Waals surface area contributed by atoms with Crippen LogP contribution in [-0.4, -0.2) is 34.3 Å². The Balaban J connectivity index is 1.69. The number of likely N-dealkylation sites (N-methyl/N-ethyl adjacent to an activating group) is 1. The van der Waals surface area contributed by atoms with Gasteiger partial charge < -0.3 is 0 Å². The SMILES string of the molecule is CCN1C(=O)[C@@H]2[C@@H](c3ccccc3)NN(Cc3ccccc3)[C@H]2C1=O. The summed E-state index contributed by atoms with van der Waals surface area (Å²) in [5.41, 5.74) is 5.57. The smallest absolute Gasteiger partial charge is 0.248 e. The first kappa shape index (κ1) is 16.0. The number of likely N-dealkylation sites (tertiary alicyclic amines) is 1. The molecule has 2 aromatic rings. The van der Waals surface area contributed by atoms with Gasteiger partial charge in [0.15, 0.2) is 0 Å². The Hall–Kier alpha value is -2.50. The monoisotopic (exact) mass is 335 g/mol. The lowest BCUT2D eigenvalue weighted by Gasteiger charge is -2.24. The molecule has 2 aliphatic rings. The molecule has 0 unspecified atom stereocenters. The molecule has 0 spiro atoms. The summed E-state index contributed by atoms with van der Waals surface area (Å²) in [4.78, 5) is 27.1. The molecule has 0 aromatic heterocycles. The fourth-order valence-electron chi connectivity index (χ4n) is 3.91. The summed E-state index contributed by atoms with van der Waals surface area (Å²) in [6, 6.07) is 19.3. The van der Waals surface area contributed by atoms with Crippen molar-refractivity contribution >= 4 is 11.8 Å². The Bertz CT molecular complexity index is 778. The van der Waals surface area contributed by atoms with Gasteiger partial charge in [-0.1, -0.05) is 60.7 Å². The van der Waals surface area contributed by atoms with Gasteiger partial charge in [0, 0.05) is 13.1 Å². The van der Waals surface area contributed by atoms with Crippen molar-refractivity contribution in [2.75, 3.05) is 6.54 Å². The van der Waals surface area contributed by atoms with Crippen molar-refractivity contribution < 1.29 is 9.59 Å². The predicted molar refractivity (Wildman–Crippen MR) is 94.0 cm³/mol. The van der Waals surface area contributed by atoms with Gasteiger partial charge in [-0.15, -0.1) is 0 Å². The number of hydrogen-bond acceptors (Lipinski definition) is 4. The average molecular weight is 335 g/mol. The van der Waals surface area contributed by atoms with Crippen molar-refractivity contribution in [3.8, 4) is 0 Å². The molecule has 0 radical (unpaired) electrons. The quantitative estimate of drug-likeness (QED) is 0.870. The number of amides is 2. The minimum atomic E-state index is -0.446. The van der Waals surface area contributed by atoms with Gasteiger partial charge in [-0.2, -0.15) is 0 Å². The number of carbonyl (C=O) groups excluding carboxylic acids is 2. The lowest BCUT2D eigenvalue weighted by Crippen LogP contribution is -2.44. The van der Waals surface area contributed by atoms with E-state index in [1.807, 2.05) is 72.6 Å². The van der Waals surface area contributed by atoms with E-state index >= 15 is 0 Å². The van der Waals surface area contributed by atoms with Crippen LogP contribution in [-0.2, 0) is 16.1 Å². The van der Waals surface area contributed by atoms with Gasteiger partial charge in [-0.3, -0.25) is 14.5 Å². The van der Waals surface area contributed by atoms with Crippen molar-refractivity contribution in [2.45, 2.75) is 25.6 Å². The van der Waals surface area contributed by atoms with Gasteiger partial charge in [0.1, 0.15) is 6.04 Å². The van der Waals surface area contributed by atoms with Gasteiger partial charge in [0.2, 0.25) is 11.8 Å². The Labute approximate surface area is 147 Å². The maximum absolute atomic E-state index is 12.8. The first-order valence-corrected chi connectivity index (χ1v) is 8.67. The number of hydrazine groups is 1. The Morgan fingerprint density at radius 1 is 0.920 bits per heavy atom. The third-order valence-corrected chi connectivity index (χ3v) is 5.08. The van der Waals surface area contributed by atoms with E-state index in [1.165, 1.54) is 4.90 Å². The van der Waals surface area contributed by atoms with Crippen LogP contribution in [0.15, 0.2) is 60.7 Å². The Kier molecular flexibility index (Phi) is 4.11. The summed E-state index contributed by atoms with van der Waals surface area (Å²) in [7, 11) is 0. The molecule has 0 saturated carbocycles. The molecule has 5 nitrogen and oxygen atoms in total. The zero-order valence-corrected chi connectivity index (χ0v) is 14.1. The minimum absolute atomic E-state index is 0.0746. The number of nitrogens with one attached hydrogen (secondary N) is 1. The number of nitrogens with zero attached hydrogens (tertiary/aromatic N) is 2. The Morgan fingerprint density at radius 2 is 1.56 bits per heavy atom. The lowest BCUT2D eigenvalue weighted by molar-refractivity contribution is -0.141. The largest absolute Gasteiger partial charge is 0.281 e. The zero-order valence-electron chi connectivity index (χ0n) is 14.1. The molecule has 4 rings (SSSR count). The molecule has 3 atom stereocenters. The molecule has 25 heavy (non-hydrogen) atoms. The number of imide groups is 1. The van der Waals surface area contributed by atoms with Crippen LogP contribution in [0.4, 0.5) is 0 Å². The number of fused-ring (bicyclic) bond motifs is 1. The molecule has 2 aliphatic heterocycles. The van der Waals surface area contributed by atoms with E-state index in [-0.39, 0.29) is 23.8 Å². The van der Waals surface area contributed by atoms with E-state index in [9.17, 15) is 9.59 Å². The molecule has 2 heterocycles. The van der Waals surface area contributed by atoms with Crippen LogP contribution in [0.3, 0.4) is 0 Å². The fraction of sp³-hybridized carbons (Fsp3) is 0.300. The molecule has 128 valence electrons. The second-order valence-electron chi connectivity index (χ2n) is 6.52. The highest BCUT2D eigenvalue weighted by Crippen LogP contribution is 2.40. The third kappa shape index (κ3) is 2.65. The maximum atomic E-state index is 12.8. The average Bonchev–Trinajstić information content (AvgIpc) is 3.14. The highest BCUT2D eigenvalue weighted by Gasteiger charge is 2.57. The van der Waals surface area contributed by atoms with Crippen LogP contribution < -0.4 is 5.43 Å². The fourth-order valence-corrected chi connectivity index (χ4v) is 3.91. The number of rotatable bonds is 4. The summed E-state index contributed by atoms with van der Waals surface area (Å²) < 4.78 is 0. The van der Waals surface area contributed by atoms with Crippen LogP contribution in [0.5, 0.6) is 0 Å². The molecule has 2 amide bonds. The minimum Gasteiger partial charge on any atom is -0.281 e. The normalized spacial score (nSPS) is 26.3. The summed E-state index contributed by atoms with van der Waals surface area (Å²) in [6.45, 7) is 2.86. The standard InChI is InChI=1S/C20H21N3O2/c1-2-22-19(24)16-17(15-11-7-4-8-12-15)21-23(18(16)20(22)25)13-14-9-5-3-6-10-14/h3-12,16-18,21H,2,13H2,1H3/t16-,17-,18-/m1/s1. The summed E-state index contributed by atoms with van der Waals surface area (Å²) in [5.74, 6) is -0.549. The van der Waals surface area contributed by atoms with E-state index in [4.69, 9.17) is 0 Å². The van der Waals surface area contributed by atoms with E-state index in [0.29, 0.717) is 13.1 Å². The maximum Gasteiger partial charge on any atom is 0.248 e. The van der Waals surface area contributed by atoms with Crippen molar-refractivity contribution in [2.24, 2.45) is 5.92 Å². The molecule has 5 heteroatoms. The Morgan fingerprint density at radius 3 is 2.20 bits per heavy atom. The van der Waals surface area contributed by atoms with Gasteiger partial charge in [0.05, 0.1) is 12.0 Å². The number of carbonyl (C=O) groups is 2. The zero-order chi connectivity index (χ0) is 17.4. The van der Waals surface area contributed by atoms with Crippen molar-refractivity contribution in [3.05, 3.63) is 71.8 Å². The van der Waals surface area contributed by atoms with E-state index < -0.39 is 6.04 Å². The third-order valence-electron chi connectivity index (χ3n) is 5.08. The van der Waals surface area contributed by atoms with Crippen molar-refractivity contribution in [1.82, 2.24) is 15.3 Å². The lowest BCUT2D eigenvalue weighted by atomic mass is 9.91. The van der Waals surface area contributed by atoms with Crippen molar-refractivity contribution in [1.29, 1.82) is 0 Å². The molecule has 1 N–H and O–H groups in total. The van der Waals surface area contributed by atoms with Crippen LogP contribution >= 0.6 is 0 Å². The first-order valence-electron chi connectivity index (χ1n) is 8.67. The molecule has 2 saturated heterocycles. The van der Waals surface area contributed by atoms with Crippen LogP contribution in [0, 0.1) is 5.92 Å². The molecule has 2 fully saturated rings. The molecule has 0 aliphatic carbocycles. The first-order chi connectivity index (χ1) is 12.2. The highest BCUT2D eigenvalue weighted by atomic mass is 16.2. The second kappa shape index (κ2) is 6.43. The summed E-state index contributed by atoms with van der Waals surface area (Å²) in [5, 5.41) is 1.94. The van der Waals surface area contributed by atoms with Crippen LogP contribution in [0.1, 0.15) is 24.1 Å². The molecule has 2 aromatic carbocycles. The topological polar surface area (TPSA) is 52.7 Å². The van der Waals surface area contributed by atoms with E-state index in [1.54, 1.807) is 0 Å². The molecular formula is C20H21N3O2. The van der Waals surface area contributed by atoms with Gasteiger partial charge >= 0.3 is 0 Å².